The number of aryl methyl sites for hydroxylation is 1. The molecule has 2 unspecified atom stereocenters. The van der Waals surface area contributed by atoms with E-state index in [1.807, 2.05) is 6.92 Å². The van der Waals surface area contributed by atoms with Gasteiger partial charge in [-0.05, 0) is 25.7 Å². The third kappa shape index (κ3) is 2.68. The van der Waals surface area contributed by atoms with Crippen molar-refractivity contribution in [2.45, 2.75) is 32.6 Å². The molecule has 2 atom stereocenters. The Morgan fingerprint density at radius 3 is 3.05 bits per heavy atom. The molecule has 2 aromatic heterocycles. The number of carbonyl (C=O) groups is 1. The van der Waals surface area contributed by atoms with Crippen molar-refractivity contribution in [3.8, 4) is 0 Å². The molecule has 0 amide bonds. The number of carboxylic acids is 1. The first-order valence-electron chi connectivity index (χ1n) is 7.20. The van der Waals surface area contributed by atoms with Crippen LogP contribution in [0.5, 0.6) is 0 Å². The van der Waals surface area contributed by atoms with Crippen LogP contribution in [-0.2, 0) is 4.79 Å². The fraction of sp³-hybridized carbons (Fsp3) is 0.571. The van der Waals surface area contributed by atoms with Crippen molar-refractivity contribution >= 4 is 22.9 Å². The SMILES string of the molecule is Cc1noc2ncnc(NCC3CCCCC3C(=O)O)c12. The number of aromatic nitrogens is 3. The predicted molar refractivity (Wildman–Crippen MR) is 75.9 cm³/mol. The van der Waals surface area contributed by atoms with E-state index >= 15 is 0 Å². The molecular formula is C14H18N4O3. The Bertz CT molecular complexity index is 655. The van der Waals surface area contributed by atoms with E-state index in [1.165, 1.54) is 6.33 Å². The maximum atomic E-state index is 11.3. The summed E-state index contributed by atoms with van der Waals surface area (Å²) < 4.78 is 5.11. The number of rotatable bonds is 4. The van der Waals surface area contributed by atoms with Gasteiger partial charge >= 0.3 is 5.97 Å². The van der Waals surface area contributed by atoms with Crippen molar-refractivity contribution < 1.29 is 14.4 Å². The third-order valence-corrected chi connectivity index (χ3v) is 4.20. The fourth-order valence-corrected chi connectivity index (χ4v) is 3.06. The Morgan fingerprint density at radius 2 is 2.24 bits per heavy atom. The maximum absolute atomic E-state index is 11.3. The molecule has 21 heavy (non-hydrogen) atoms. The van der Waals surface area contributed by atoms with Crippen LogP contribution in [0.25, 0.3) is 11.1 Å². The second-order valence-corrected chi connectivity index (χ2v) is 5.54. The van der Waals surface area contributed by atoms with Crippen LogP contribution in [0.2, 0.25) is 0 Å². The van der Waals surface area contributed by atoms with Crippen molar-refractivity contribution in [2.75, 3.05) is 11.9 Å². The zero-order valence-electron chi connectivity index (χ0n) is 11.9. The molecular weight excluding hydrogens is 272 g/mol. The monoisotopic (exact) mass is 290 g/mol. The van der Waals surface area contributed by atoms with Crippen LogP contribution >= 0.6 is 0 Å². The summed E-state index contributed by atoms with van der Waals surface area (Å²) in [6.45, 7) is 2.43. The van der Waals surface area contributed by atoms with Gasteiger partial charge in [0.15, 0.2) is 0 Å². The molecule has 1 fully saturated rings. The van der Waals surface area contributed by atoms with Gasteiger partial charge in [-0.1, -0.05) is 18.0 Å². The van der Waals surface area contributed by atoms with Crippen molar-refractivity contribution in [3.05, 3.63) is 12.0 Å². The van der Waals surface area contributed by atoms with Gasteiger partial charge in [-0.15, -0.1) is 0 Å². The Morgan fingerprint density at radius 1 is 1.43 bits per heavy atom. The molecule has 0 spiro atoms. The van der Waals surface area contributed by atoms with Gasteiger partial charge in [-0.3, -0.25) is 4.79 Å². The van der Waals surface area contributed by atoms with Crippen molar-refractivity contribution in [1.82, 2.24) is 15.1 Å². The number of anilines is 1. The lowest BCUT2D eigenvalue weighted by Crippen LogP contribution is -2.31. The fourth-order valence-electron chi connectivity index (χ4n) is 3.06. The smallest absolute Gasteiger partial charge is 0.306 e. The summed E-state index contributed by atoms with van der Waals surface area (Å²) in [5, 5.41) is 17.2. The zero-order chi connectivity index (χ0) is 14.8. The second-order valence-electron chi connectivity index (χ2n) is 5.54. The highest BCUT2D eigenvalue weighted by Gasteiger charge is 2.30. The van der Waals surface area contributed by atoms with Gasteiger partial charge in [-0.2, -0.15) is 4.98 Å². The minimum atomic E-state index is -0.699. The van der Waals surface area contributed by atoms with Crippen molar-refractivity contribution in [3.63, 3.8) is 0 Å². The van der Waals surface area contributed by atoms with Crippen molar-refractivity contribution in [1.29, 1.82) is 0 Å². The molecule has 0 radical (unpaired) electrons. The largest absolute Gasteiger partial charge is 0.481 e. The lowest BCUT2D eigenvalue weighted by Gasteiger charge is -2.28. The van der Waals surface area contributed by atoms with E-state index in [9.17, 15) is 9.90 Å². The number of nitrogens with zero attached hydrogens (tertiary/aromatic N) is 3. The molecule has 2 aromatic rings. The first-order valence-corrected chi connectivity index (χ1v) is 7.20. The summed E-state index contributed by atoms with van der Waals surface area (Å²) in [6, 6.07) is 0. The van der Waals surface area contributed by atoms with Crippen LogP contribution in [0.1, 0.15) is 31.4 Å². The van der Waals surface area contributed by atoms with Crippen LogP contribution in [0, 0.1) is 18.8 Å². The lowest BCUT2D eigenvalue weighted by atomic mass is 9.79. The molecule has 3 rings (SSSR count). The lowest BCUT2D eigenvalue weighted by molar-refractivity contribution is -0.144. The average Bonchev–Trinajstić information content (AvgIpc) is 2.87. The summed E-state index contributed by atoms with van der Waals surface area (Å²) in [7, 11) is 0. The summed E-state index contributed by atoms with van der Waals surface area (Å²) in [4.78, 5) is 19.6. The normalized spacial score (nSPS) is 22.3. The summed E-state index contributed by atoms with van der Waals surface area (Å²) in [5.74, 6) is -0.183. The molecule has 1 saturated carbocycles. The van der Waals surface area contributed by atoms with E-state index in [4.69, 9.17) is 4.52 Å². The van der Waals surface area contributed by atoms with Crippen molar-refractivity contribution in [2.24, 2.45) is 11.8 Å². The Balaban J connectivity index is 1.76. The van der Waals surface area contributed by atoms with Crippen LogP contribution in [0.3, 0.4) is 0 Å². The molecule has 7 heteroatoms. The molecule has 0 bridgehead atoms. The molecule has 112 valence electrons. The van der Waals surface area contributed by atoms with Gasteiger partial charge in [0.1, 0.15) is 17.5 Å². The standard InChI is InChI=1S/C14H18N4O3/c1-8-11-12(16-7-17-13(11)21-18-8)15-6-9-4-2-3-5-10(9)14(19)20/h7,9-10H,2-6H2,1H3,(H,19,20)(H,15,16,17). The maximum Gasteiger partial charge on any atom is 0.306 e. The minimum Gasteiger partial charge on any atom is -0.481 e. The molecule has 2 N–H and O–H groups in total. The van der Waals surface area contributed by atoms with E-state index in [1.54, 1.807) is 0 Å². The highest BCUT2D eigenvalue weighted by Crippen LogP contribution is 2.31. The topological polar surface area (TPSA) is 101 Å². The number of hydrogen-bond acceptors (Lipinski definition) is 6. The number of hydrogen-bond donors (Lipinski definition) is 2. The van der Waals surface area contributed by atoms with Gasteiger partial charge in [0.05, 0.1) is 11.6 Å². The van der Waals surface area contributed by atoms with Gasteiger partial charge in [0.2, 0.25) is 0 Å². The van der Waals surface area contributed by atoms with Gasteiger partial charge in [0.25, 0.3) is 5.71 Å². The Labute approximate surface area is 121 Å². The molecule has 0 saturated heterocycles. The molecule has 7 nitrogen and oxygen atoms in total. The molecule has 2 heterocycles. The first kappa shape index (κ1) is 13.8. The number of fused-ring (bicyclic) bond motifs is 1. The third-order valence-electron chi connectivity index (χ3n) is 4.20. The number of aliphatic carboxylic acids is 1. The van der Waals surface area contributed by atoms with Crippen LogP contribution < -0.4 is 5.32 Å². The predicted octanol–water partition coefficient (Wildman–Crippen LogP) is 2.23. The van der Waals surface area contributed by atoms with Gasteiger partial charge in [0, 0.05) is 6.54 Å². The second kappa shape index (κ2) is 5.67. The van der Waals surface area contributed by atoms with E-state index in [2.05, 4.69) is 20.4 Å². The van der Waals surface area contributed by atoms with Gasteiger partial charge < -0.3 is 14.9 Å². The highest BCUT2D eigenvalue weighted by atomic mass is 16.5. The Hall–Kier alpha value is -2.18. The summed E-state index contributed by atoms with van der Waals surface area (Å²) in [6.07, 6.45) is 5.19. The van der Waals surface area contributed by atoms with Crippen LogP contribution in [0.15, 0.2) is 10.9 Å². The molecule has 0 aromatic carbocycles. The van der Waals surface area contributed by atoms with Crippen LogP contribution in [0.4, 0.5) is 5.82 Å². The minimum absolute atomic E-state index is 0.126. The average molecular weight is 290 g/mol. The van der Waals surface area contributed by atoms with E-state index in [0.717, 1.165) is 36.8 Å². The summed E-state index contributed by atoms with van der Waals surface area (Å²) in [5.41, 5.74) is 1.18. The summed E-state index contributed by atoms with van der Waals surface area (Å²) >= 11 is 0. The quantitative estimate of drug-likeness (QED) is 0.890. The number of nitrogens with one attached hydrogen (secondary N) is 1. The first-order chi connectivity index (χ1) is 10.2. The van der Waals surface area contributed by atoms with Crippen LogP contribution in [-0.4, -0.2) is 32.7 Å². The highest BCUT2D eigenvalue weighted by molar-refractivity contribution is 5.87. The molecule has 1 aliphatic rings. The molecule has 0 aliphatic heterocycles. The van der Waals surface area contributed by atoms with E-state index < -0.39 is 5.97 Å². The zero-order valence-corrected chi connectivity index (χ0v) is 11.9. The number of carboxylic acid groups (broad SMARTS) is 1. The van der Waals surface area contributed by atoms with E-state index in [0.29, 0.717) is 18.1 Å². The molecule has 1 aliphatic carbocycles. The Kier molecular flexibility index (Phi) is 3.72. The van der Waals surface area contributed by atoms with E-state index in [-0.39, 0.29) is 11.8 Å². The van der Waals surface area contributed by atoms with Gasteiger partial charge in [-0.25, -0.2) is 4.98 Å².